The van der Waals surface area contributed by atoms with Crippen molar-refractivity contribution in [3.8, 4) is 17.3 Å². The van der Waals surface area contributed by atoms with Crippen LogP contribution in [0.25, 0.3) is 23.4 Å². The van der Waals surface area contributed by atoms with E-state index in [4.69, 9.17) is 16.9 Å². The average Bonchev–Trinajstić information content (AvgIpc) is 3.09. The summed E-state index contributed by atoms with van der Waals surface area (Å²) in [5, 5.41) is 19.4. The number of hydrogen-bond acceptors (Lipinski definition) is 3. The molecule has 1 heterocycles. The fourth-order valence-corrected chi connectivity index (χ4v) is 2.64. The van der Waals surface area contributed by atoms with Crippen molar-refractivity contribution >= 4 is 23.8 Å². The molecular formula is C18H10ClF3N4. The highest BCUT2D eigenvalue weighted by molar-refractivity contribution is 6.34. The number of aromatic amines is 1. The smallest absolute Gasteiger partial charge is 0.196 e. The molecule has 0 aliphatic rings. The number of alkyl halides is 3. The fraction of sp³-hybridized carbons (Fsp3) is 0.0556. The molecule has 1 aromatic heterocycles. The standard InChI is InChI=1S/C18H10ClF3N4/c19-16-12(4-2-6-14(16)17-15(10-23)24-26-25-17)8-7-11-3-1-5-13(9-11)18(20,21)22/h1-9H,(H,24,25,26). The molecule has 8 heteroatoms. The number of H-pyrrole nitrogens is 1. The number of nitrogens with one attached hydrogen (secondary N) is 1. The fourth-order valence-electron chi connectivity index (χ4n) is 2.36. The first-order valence-corrected chi connectivity index (χ1v) is 7.73. The molecule has 4 nitrogen and oxygen atoms in total. The van der Waals surface area contributed by atoms with Gasteiger partial charge in [-0.25, -0.2) is 0 Å². The third-order valence-corrected chi connectivity index (χ3v) is 4.03. The van der Waals surface area contributed by atoms with Crippen molar-refractivity contribution in [3.05, 3.63) is 69.9 Å². The molecule has 26 heavy (non-hydrogen) atoms. The molecule has 0 saturated carbocycles. The van der Waals surface area contributed by atoms with Gasteiger partial charge in [0, 0.05) is 5.56 Å². The van der Waals surface area contributed by atoms with E-state index in [1.807, 2.05) is 6.07 Å². The van der Waals surface area contributed by atoms with Gasteiger partial charge >= 0.3 is 6.18 Å². The maximum absolute atomic E-state index is 12.8. The molecule has 0 aliphatic heterocycles. The van der Waals surface area contributed by atoms with E-state index >= 15 is 0 Å². The molecule has 0 spiro atoms. The van der Waals surface area contributed by atoms with Crippen LogP contribution < -0.4 is 0 Å². The lowest BCUT2D eigenvalue weighted by Gasteiger charge is -2.07. The van der Waals surface area contributed by atoms with E-state index in [0.29, 0.717) is 27.4 Å². The third kappa shape index (κ3) is 3.60. The van der Waals surface area contributed by atoms with E-state index in [1.165, 1.54) is 12.1 Å². The monoisotopic (exact) mass is 374 g/mol. The Kier molecular flexibility index (Phi) is 4.78. The van der Waals surface area contributed by atoms with Crippen LogP contribution in [0.1, 0.15) is 22.4 Å². The minimum Gasteiger partial charge on any atom is -0.196 e. The van der Waals surface area contributed by atoms with Crippen molar-refractivity contribution in [2.45, 2.75) is 6.18 Å². The summed E-state index contributed by atoms with van der Waals surface area (Å²) in [6, 6.07) is 12.0. The molecular weight excluding hydrogens is 365 g/mol. The largest absolute Gasteiger partial charge is 0.416 e. The summed E-state index contributed by atoms with van der Waals surface area (Å²) in [4.78, 5) is 0. The molecule has 0 aliphatic carbocycles. The Morgan fingerprint density at radius 2 is 1.85 bits per heavy atom. The van der Waals surface area contributed by atoms with Crippen LogP contribution >= 0.6 is 11.6 Å². The van der Waals surface area contributed by atoms with Crippen LogP contribution in [0.2, 0.25) is 5.02 Å². The molecule has 0 fully saturated rings. The van der Waals surface area contributed by atoms with Crippen LogP contribution in [0.3, 0.4) is 0 Å². The Labute approximate surface area is 151 Å². The van der Waals surface area contributed by atoms with Gasteiger partial charge in [-0.05, 0) is 23.3 Å². The first-order valence-electron chi connectivity index (χ1n) is 7.35. The lowest BCUT2D eigenvalue weighted by Crippen LogP contribution is -2.04. The number of nitriles is 1. The third-order valence-electron chi connectivity index (χ3n) is 3.61. The number of hydrogen-bond donors (Lipinski definition) is 1. The van der Waals surface area contributed by atoms with E-state index in [1.54, 1.807) is 30.3 Å². The van der Waals surface area contributed by atoms with Gasteiger partial charge in [-0.1, -0.05) is 54.1 Å². The molecule has 0 unspecified atom stereocenters. The van der Waals surface area contributed by atoms with Crippen LogP contribution in [0.5, 0.6) is 0 Å². The minimum atomic E-state index is -4.40. The van der Waals surface area contributed by atoms with Gasteiger partial charge in [-0.2, -0.15) is 28.7 Å². The zero-order valence-electron chi connectivity index (χ0n) is 13.0. The van der Waals surface area contributed by atoms with Crippen LogP contribution in [0.4, 0.5) is 13.2 Å². The second-order valence-corrected chi connectivity index (χ2v) is 5.68. The molecule has 0 radical (unpaired) electrons. The zero-order chi connectivity index (χ0) is 18.7. The van der Waals surface area contributed by atoms with Gasteiger partial charge in [0.1, 0.15) is 11.8 Å². The van der Waals surface area contributed by atoms with Crippen LogP contribution in [0, 0.1) is 11.3 Å². The summed E-state index contributed by atoms with van der Waals surface area (Å²) in [6.45, 7) is 0. The van der Waals surface area contributed by atoms with E-state index in [9.17, 15) is 13.2 Å². The Balaban J connectivity index is 1.96. The highest BCUT2D eigenvalue weighted by Gasteiger charge is 2.30. The van der Waals surface area contributed by atoms with Crippen LogP contribution in [0.15, 0.2) is 42.5 Å². The SMILES string of the molecule is N#Cc1n[nH]nc1-c1cccc(C=Cc2cccc(C(F)(F)F)c2)c1Cl. The Bertz CT molecular complexity index is 1020. The summed E-state index contributed by atoms with van der Waals surface area (Å²) >= 11 is 6.38. The zero-order valence-corrected chi connectivity index (χ0v) is 13.8. The van der Waals surface area contributed by atoms with E-state index in [-0.39, 0.29) is 5.69 Å². The molecule has 0 bridgehead atoms. The number of halogens is 4. The van der Waals surface area contributed by atoms with E-state index < -0.39 is 11.7 Å². The molecule has 3 rings (SSSR count). The van der Waals surface area contributed by atoms with Crippen molar-refractivity contribution in [2.75, 3.05) is 0 Å². The molecule has 130 valence electrons. The Morgan fingerprint density at radius 1 is 1.08 bits per heavy atom. The van der Waals surface area contributed by atoms with E-state index in [2.05, 4.69) is 15.4 Å². The van der Waals surface area contributed by atoms with Crippen molar-refractivity contribution in [1.29, 1.82) is 5.26 Å². The van der Waals surface area contributed by atoms with Gasteiger partial charge in [0.15, 0.2) is 5.69 Å². The van der Waals surface area contributed by atoms with Crippen molar-refractivity contribution in [2.24, 2.45) is 0 Å². The quantitative estimate of drug-likeness (QED) is 0.642. The summed E-state index contributed by atoms with van der Waals surface area (Å²) in [7, 11) is 0. The van der Waals surface area contributed by atoms with Gasteiger partial charge in [-0.3, -0.25) is 0 Å². The Morgan fingerprint density at radius 3 is 2.58 bits per heavy atom. The lowest BCUT2D eigenvalue weighted by molar-refractivity contribution is -0.137. The van der Waals surface area contributed by atoms with Crippen LogP contribution in [-0.2, 0) is 6.18 Å². The normalized spacial score (nSPS) is 11.7. The summed E-state index contributed by atoms with van der Waals surface area (Å²) in [6.07, 6.45) is -1.26. The van der Waals surface area contributed by atoms with E-state index in [0.717, 1.165) is 12.1 Å². The summed E-state index contributed by atoms with van der Waals surface area (Å²) < 4.78 is 38.4. The molecule has 2 aromatic carbocycles. The maximum atomic E-state index is 12.8. The first-order chi connectivity index (χ1) is 12.4. The Hall–Kier alpha value is -3.11. The molecule has 0 atom stereocenters. The number of benzene rings is 2. The van der Waals surface area contributed by atoms with Gasteiger partial charge in [-0.15, -0.1) is 5.10 Å². The second kappa shape index (κ2) is 7.02. The van der Waals surface area contributed by atoms with Crippen molar-refractivity contribution < 1.29 is 13.2 Å². The second-order valence-electron chi connectivity index (χ2n) is 5.30. The number of rotatable bonds is 3. The van der Waals surface area contributed by atoms with Gasteiger partial charge in [0.2, 0.25) is 0 Å². The first kappa shape index (κ1) is 17.7. The van der Waals surface area contributed by atoms with Crippen molar-refractivity contribution in [1.82, 2.24) is 15.4 Å². The minimum absolute atomic E-state index is 0.103. The average molecular weight is 375 g/mol. The molecule has 0 saturated heterocycles. The molecule has 3 aromatic rings. The predicted octanol–water partition coefficient (Wildman–Crippen LogP) is 5.19. The predicted molar refractivity (Wildman–Crippen MR) is 91.9 cm³/mol. The van der Waals surface area contributed by atoms with Crippen LogP contribution in [-0.4, -0.2) is 15.4 Å². The summed E-state index contributed by atoms with van der Waals surface area (Å²) in [5.41, 5.74) is 1.16. The maximum Gasteiger partial charge on any atom is 0.416 e. The van der Waals surface area contributed by atoms with Gasteiger partial charge in [0.05, 0.1) is 10.6 Å². The topological polar surface area (TPSA) is 65.4 Å². The highest BCUT2D eigenvalue weighted by atomic mass is 35.5. The molecule has 0 amide bonds. The van der Waals surface area contributed by atoms with Gasteiger partial charge < -0.3 is 0 Å². The highest BCUT2D eigenvalue weighted by Crippen LogP contribution is 2.32. The van der Waals surface area contributed by atoms with Crippen molar-refractivity contribution in [3.63, 3.8) is 0 Å². The van der Waals surface area contributed by atoms with Gasteiger partial charge in [0.25, 0.3) is 0 Å². The summed E-state index contributed by atoms with van der Waals surface area (Å²) in [5.74, 6) is 0. The lowest BCUT2D eigenvalue weighted by atomic mass is 10.0. The number of aromatic nitrogens is 3. The molecule has 1 N–H and O–H groups in total. The number of nitrogens with zero attached hydrogens (tertiary/aromatic N) is 3.